The van der Waals surface area contributed by atoms with Crippen molar-refractivity contribution in [3.8, 4) is 21.8 Å². The summed E-state index contributed by atoms with van der Waals surface area (Å²) < 4.78 is 0. The maximum Gasteiger partial charge on any atom is 0.270 e. The fourth-order valence-corrected chi connectivity index (χ4v) is 4.35. The molecule has 2 heterocycles. The van der Waals surface area contributed by atoms with E-state index >= 15 is 0 Å². The van der Waals surface area contributed by atoms with Crippen LogP contribution in [0.3, 0.4) is 0 Å². The summed E-state index contributed by atoms with van der Waals surface area (Å²) in [6.45, 7) is 0. The SMILES string of the molecule is O=[N+]([O-])c1cccc(-c2csc(-c3cnccc3C3CCCC3)n2)c1. The molecule has 1 saturated carbocycles. The van der Waals surface area contributed by atoms with Gasteiger partial charge in [-0.3, -0.25) is 15.1 Å². The molecule has 0 amide bonds. The van der Waals surface area contributed by atoms with Gasteiger partial charge in [0.15, 0.2) is 0 Å². The first kappa shape index (κ1) is 15.9. The highest BCUT2D eigenvalue weighted by Gasteiger charge is 2.22. The van der Waals surface area contributed by atoms with Crippen molar-refractivity contribution >= 4 is 17.0 Å². The van der Waals surface area contributed by atoms with Gasteiger partial charge < -0.3 is 0 Å². The molecule has 0 atom stereocenters. The van der Waals surface area contributed by atoms with Crippen molar-refractivity contribution in [3.05, 3.63) is 63.8 Å². The van der Waals surface area contributed by atoms with E-state index in [-0.39, 0.29) is 10.6 Å². The van der Waals surface area contributed by atoms with Gasteiger partial charge in [-0.05, 0) is 30.4 Å². The van der Waals surface area contributed by atoms with Crippen molar-refractivity contribution in [2.24, 2.45) is 0 Å². The van der Waals surface area contributed by atoms with Crippen LogP contribution >= 0.6 is 11.3 Å². The number of aromatic nitrogens is 2. The number of nitrogens with zero attached hydrogens (tertiary/aromatic N) is 3. The molecule has 0 radical (unpaired) electrons. The van der Waals surface area contributed by atoms with E-state index in [2.05, 4.69) is 11.1 Å². The van der Waals surface area contributed by atoms with E-state index in [0.717, 1.165) is 21.8 Å². The lowest BCUT2D eigenvalue weighted by molar-refractivity contribution is -0.384. The Morgan fingerprint density at radius 2 is 2.04 bits per heavy atom. The number of thiazole rings is 1. The molecule has 1 aromatic carbocycles. The molecule has 3 aromatic rings. The van der Waals surface area contributed by atoms with Gasteiger partial charge >= 0.3 is 0 Å². The highest BCUT2D eigenvalue weighted by Crippen LogP contribution is 2.40. The third kappa shape index (κ3) is 3.17. The van der Waals surface area contributed by atoms with Crippen LogP contribution in [0.25, 0.3) is 21.8 Å². The van der Waals surface area contributed by atoms with Crippen molar-refractivity contribution in [2.75, 3.05) is 0 Å². The van der Waals surface area contributed by atoms with Gasteiger partial charge in [0.05, 0.1) is 10.6 Å². The summed E-state index contributed by atoms with van der Waals surface area (Å²) in [7, 11) is 0. The van der Waals surface area contributed by atoms with E-state index in [0.29, 0.717) is 5.92 Å². The lowest BCUT2D eigenvalue weighted by Gasteiger charge is -2.13. The lowest BCUT2D eigenvalue weighted by atomic mass is 9.94. The Hall–Kier alpha value is -2.60. The predicted molar refractivity (Wildman–Crippen MR) is 98.6 cm³/mol. The summed E-state index contributed by atoms with van der Waals surface area (Å²) in [5.74, 6) is 0.586. The van der Waals surface area contributed by atoms with Crippen LogP contribution in [0.2, 0.25) is 0 Å². The maximum atomic E-state index is 11.0. The minimum atomic E-state index is -0.379. The highest BCUT2D eigenvalue weighted by atomic mass is 32.1. The molecule has 6 heteroatoms. The van der Waals surface area contributed by atoms with E-state index in [1.165, 1.54) is 37.3 Å². The lowest BCUT2D eigenvalue weighted by Crippen LogP contribution is -1.96. The summed E-state index contributed by atoms with van der Waals surface area (Å²) in [5.41, 5.74) is 4.04. The predicted octanol–water partition coefficient (Wildman–Crippen LogP) is 5.44. The zero-order valence-electron chi connectivity index (χ0n) is 13.6. The van der Waals surface area contributed by atoms with Gasteiger partial charge in [-0.2, -0.15) is 0 Å². The fourth-order valence-electron chi connectivity index (χ4n) is 3.49. The second kappa shape index (κ2) is 6.72. The van der Waals surface area contributed by atoms with Gasteiger partial charge in [0, 0.05) is 41.0 Å². The quantitative estimate of drug-likeness (QED) is 0.464. The van der Waals surface area contributed by atoms with E-state index in [1.54, 1.807) is 23.5 Å². The van der Waals surface area contributed by atoms with Crippen LogP contribution in [0.15, 0.2) is 48.1 Å². The molecule has 25 heavy (non-hydrogen) atoms. The summed E-state index contributed by atoms with van der Waals surface area (Å²) in [6.07, 6.45) is 8.75. The number of nitro groups is 1. The standard InChI is InChI=1S/C19H17N3O2S/c23-22(24)15-7-3-6-14(10-15)18-12-25-19(21-18)17-11-20-9-8-16(17)13-4-1-2-5-13/h3,6-13H,1-2,4-5H2. The van der Waals surface area contributed by atoms with Crippen molar-refractivity contribution in [3.63, 3.8) is 0 Å². The van der Waals surface area contributed by atoms with Gasteiger partial charge in [-0.25, -0.2) is 4.98 Å². The first-order chi connectivity index (χ1) is 12.2. The summed E-state index contributed by atoms with van der Waals surface area (Å²) in [5, 5.41) is 13.9. The van der Waals surface area contributed by atoms with Crippen molar-refractivity contribution in [1.29, 1.82) is 0 Å². The monoisotopic (exact) mass is 351 g/mol. The molecule has 0 aliphatic heterocycles. The van der Waals surface area contributed by atoms with E-state index in [1.807, 2.05) is 23.8 Å². The Kier molecular flexibility index (Phi) is 4.28. The molecule has 1 fully saturated rings. The van der Waals surface area contributed by atoms with Gasteiger partial charge in [0.1, 0.15) is 5.01 Å². The van der Waals surface area contributed by atoms with Gasteiger partial charge in [-0.15, -0.1) is 11.3 Å². The molecule has 1 aliphatic rings. The Labute approximate surface area is 149 Å². The maximum absolute atomic E-state index is 11.0. The third-order valence-corrected chi connectivity index (χ3v) is 5.61. The normalized spacial score (nSPS) is 14.7. The molecule has 2 aromatic heterocycles. The zero-order valence-corrected chi connectivity index (χ0v) is 14.4. The average molecular weight is 351 g/mol. The molecule has 0 unspecified atom stereocenters. The van der Waals surface area contributed by atoms with Crippen molar-refractivity contribution in [2.45, 2.75) is 31.6 Å². The number of non-ortho nitro benzene ring substituents is 1. The van der Waals surface area contributed by atoms with Crippen LogP contribution in [-0.4, -0.2) is 14.9 Å². The molecule has 5 nitrogen and oxygen atoms in total. The van der Waals surface area contributed by atoms with Gasteiger partial charge in [0.2, 0.25) is 0 Å². The molecule has 126 valence electrons. The molecule has 0 saturated heterocycles. The average Bonchev–Trinajstić information content (AvgIpc) is 3.34. The molecule has 1 aliphatic carbocycles. The van der Waals surface area contributed by atoms with Crippen LogP contribution in [0.4, 0.5) is 5.69 Å². The molecule has 0 bridgehead atoms. The number of nitro benzene ring substituents is 1. The molecule has 4 rings (SSSR count). The number of hydrogen-bond acceptors (Lipinski definition) is 5. The topological polar surface area (TPSA) is 68.9 Å². The Balaban J connectivity index is 1.71. The zero-order chi connectivity index (χ0) is 17.2. The van der Waals surface area contributed by atoms with Gasteiger partial charge in [-0.1, -0.05) is 25.0 Å². The fraction of sp³-hybridized carbons (Fsp3) is 0.263. The van der Waals surface area contributed by atoms with Crippen LogP contribution in [0.5, 0.6) is 0 Å². The van der Waals surface area contributed by atoms with E-state index in [4.69, 9.17) is 4.98 Å². The van der Waals surface area contributed by atoms with Crippen LogP contribution in [0.1, 0.15) is 37.2 Å². The highest BCUT2D eigenvalue weighted by molar-refractivity contribution is 7.13. The Morgan fingerprint density at radius 3 is 2.84 bits per heavy atom. The second-order valence-corrected chi connectivity index (χ2v) is 7.15. The van der Waals surface area contributed by atoms with Crippen LogP contribution < -0.4 is 0 Å². The van der Waals surface area contributed by atoms with Crippen LogP contribution in [0, 0.1) is 10.1 Å². The summed E-state index contributed by atoms with van der Waals surface area (Å²) >= 11 is 1.56. The van der Waals surface area contributed by atoms with E-state index in [9.17, 15) is 10.1 Å². The first-order valence-electron chi connectivity index (χ1n) is 8.37. The van der Waals surface area contributed by atoms with Crippen molar-refractivity contribution < 1.29 is 4.92 Å². The van der Waals surface area contributed by atoms with E-state index < -0.39 is 0 Å². The number of pyridine rings is 1. The third-order valence-electron chi connectivity index (χ3n) is 4.74. The Bertz CT molecular complexity index is 916. The van der Waals surface area contributed by atoms with Crippen molar-refractivity contribution in [1.82, 2.24) is 9.97 Å². The number of benzene rings is 1. The second-order valence-electron chi connectivity index (χ2n) is 6.29. The Morgan fingerprint density at radius 1 is 1.20 bits per heavy atom. The minimum Gasteiger partial charge on any atom is -0.264 e. The van der Waals surface area contributed by atoms with Gasteiger partial charge in [0.25, 0.3) is 5.69 Å². The number of hydrogen-bond donors (Lipinski definition) is 0. The number of rotatable bonds is 4. The summed E-state index contributed by atoms with van der Waals surface area (Å²) in [4.78, 5) is 19.6. The molecule has 0 spiro atoms. The largest absolute Gasteiger partial charge is 0.270 e. The first-order valence-corrected chi connectivity index (χ1v) is 9.25. The molecule has 0 N–H and O–H groups in total. The molecular formula is C19H17N3O2S. The summed E-state index contributed by atoms with van der Waals surface area (Å²) in [6, 6.07) is 8.73. The van der Waals surface area contributed by atoms with Crippen LogP contribution in [-0.2, 0) is 0 Å². The molecular weight excluding hydrogens is 334 g/mol. The smallest absolute Gasteiger partial charge is 0.264 e. The minimum absolute atomic E-state index is 0.0834.